The molecule has 0 amide bonds. The van der Waals surface area contributed by atoms with Crippen LogP contribution in [0.3, 0.4) is 0 Å². The summed E-state index contributed by atoms with van der Waals surface area (Å²) in [5, 5.41) is 11.5. The third-order valence-electron chi connectivity index (χ3n) is 3.79. The summed E-state index contributed by atoms with van der Waals surface area (Å²) in [6.07, 6.45) is 2.49. The molecule has 0 heterocycles. The van der Waals surface area contributed by atoms with Crippen molar-refractivity contribution < 1.29 is 9.90 Å². The SMILES string of the molecule is O=C(O)CN(Cc1ccc2ccccc2c1)CC1CC1. The Morgan fingerprint density at radius 1 is 1.15 bits per heavy atom. The third kappa shape index (κ3) is 3.36. The Hall–Kier alpha value is -1.87. The predicted octanol–water partition coefficient (Wildman–Crippen LogP) is 3.14. The van der Waals surface area contributed by atoms with Crippen LogP contribution >= 0.6 is 0 Å². The van der Waals surface area contributed by atoms with E-state index in [1.165, 1.54) is 29.2 Å². The highest BCUT2D eigenvalue weighted by atomic mass is 16.4. The molecule has 3 rings (SSSR count). The highest BCUT2D eigenvalue weighted by Gasteiger charge is 2.25. The van der Waals surface area contributed by atoms with E-state index in [1.54, 1.807) is 0 Å². The molecule has 2 aromatic rings. The maximum atomic E-state index is 11.0. The number of fused-ring (bicyclic) bond motifs is 1. The summed E-state index contributed by atoms with van der Waals surface area (Å²) in [5.41, 5.74) is 1.19. The number of hydrogen-bond donors (Lipinski definition) is 1. The van der Waals surface area contributed by atoms with Crippen molar-refractivity contribution in [3.63, 3.8) is 0 Å². The van der Waals surface area contributed by atoms with Crippen molar-refractivity contribution in [1.82, 2.24) is 4.90 Å². The van der Waals surface area contributed by atoms with Crippen molar-refractivity contribution in [3.05, 3.63) is 48.0 Å². The smallest absolute Gasteiger partial charge is 0.317 e. The molecule has 0 saturated heterocycles. The van der Waals surface area contributed by atoms with Gasteiger partial charge in [-0.1, -0.05) is 36.4 Å². The maximum Gasteiger partial charge on any atom is 0.317 e. The lowest BCUT2D eigenvalue weighted by atomic mass is 10.1. The summed E-state index contributed by atoms with van der Waals surface area (Å²) < 4.78 is 0. The van der Waals surface area contributed by atoms with Gasteiger partial charge in [0.1, 0.15) is 0 Å². The third-order valence-corrected chi connectivity index (χ3v) is 3.79. The van der Waals surface area contributed by atoms with Gasteiger partial charge in [0.25, 0.3) is 0 Å². The summed E-state index contributed by atoms with van der Waals surface area (Å²) in [6, 6.07) is 14.6. The Balaban J connectivity index is 1.75. The molecular formula is C17H19NO2. The van der Waals surface area contributed by atoms with E-state index in [1.807, 2.05) is 17.0 Å². The van der Waals surface area contributed by atoms with Crippen LogP contribution in [0.4, 0.5) is 0 Å². The van der Waals surface area contributed by atoms with E-state index in [-0.39, 0.29) is 6.54 Å². The molecule has 0 spiro atoms. The van der Waals surface area contributed by atoms with Crippen molar-refractivity contribution in [1.29, 1.82) is 0 Å². The molecule has 0 unspecified atom stereocenters. The van der Waals surface area contributed by atoms with Crippen LogP contribution in [0.1, 0.15) is 18.4 Å². The van der Waals surface area contributed by atoms with Gasteiger partial charge < -0.3 is 5.11 Å². The van der Waals surface area contributed by atoms with E-state index in [4.69, 9.17) is 5.11 Å². The van der Waals surface area contributed by atoms with Crippen molar-refractivity contribution in [2.45, 2.75) is 19.4 Å². The number of carbonyl (C=O) groups is 1. The number of aliphatic carboxylic acids is 1. The Labute approximate surface area is 118 Å². The summed E-state index contributed by atoms with van der Waals surface area (Å²) in [6.45, 7) is 1.75. The number of carboxylic acids is 1. The van der Waals surface area contributed by atoms with E-state index >= 15 is 0 Å². The first-order valence-electron chi connectivity index (χ1n) is 7.12. The molecule has 0 bridgehead atoms. The fourth-order valence-corrected chi connectivity index (χ4v) is 2.64. The van der Waals surface area contributed by atoms with E-state index in [2.05, 4.69) is 30.3 Å². The number of hydrogen-bond acceptors (Lipinski definition) is 2. The standard InChI is InChI=1S/C17H19NO2/c19-17(20)12-18(10-13-5-6-13)11-14-7-8-15-3-1-2-4-16(15)9-14/h1-4,7-9,13H,5-6,10-12H2,(H,19,20). The largest absolute Gasteiger partial charge is 0.480 e. The molecule has 0 radical (unpaired) electrons. The average molecular weight is 269 g/mol. The van der Waals surface area contributed by atoms with Crippen LogP contribution in [0, 0.1) is 5.92 Å². The Morgan fingerprint density at radius 2 is 1.90 bits per heavy atom. The molecule has 0 atom stereocenters. The van der Waals surface area contributed by atoms with Crippen molar-refractivity contribution >= 4 is 16.7 Å². The Morgan fingerprint density at radius 3 is 2.60 bits per heavy atom. The van der Waals surface area contributed by atoms with Gasteiger partial charge in [-0.2, -0.15) is 0 Å². The molecule has 1 aliphatic carbocycles. The second-order valence-electron chi connectivity index (χ2n) is 5.69. The molecule has 1 saturated carbocycles. The predicted molar refractivity (Wildman–Crippen MR) is 79.6 cm³/mol. The highest BCUT2D eigenvalue weighted by molar-refractivity contribution is 5.83. The monoisotopic (exact) mass is 269 g/mol. The second-order valence-corrected chi connectivity index (χ2v) is 5.69. The van der Waals surface area contributed by atoms with Crippen LogP contribution < -0.4 is 0 Å². The van der Waals surface area contributed by atoms with E-state index in [0.717, 1.165) is 6.54 Å². The minimum Gasteiger partial charge on any atom is -0.480 e. The first kappa shape index (κ1) is 13.1. The molecule has 0 aliphatic heterocycles. The zero-order valence-electron chi connectivity index (χ0n) is 11.5. The minimum atomic E-state index is -0.744. The van der Waals surface area contributed by atoms with Gasteiger partial charge in [-0.25, -0.2) is 0 Å². The zero-order chi connectivity index (χ0) is 13.9. The first-order chi connectivity index (χ1) is 9.70. The molecule has 2 aromatic carbocycles. The highest BCUT2D eigenvalue weighted by Crippen LogP contribution is 2.30. The number of rotatable bonds is 6. The molecule has 1 fully saturated rings. The zero-order valence-corrected chi connectivity index (χ0v) is 11.5. The molecule has 1 N–H and O–H groups in total. The molecule has 104 valence electrons. The molecular weight excluding hydrogens is 250 g/mol. The van der Waals surface area contributed by atoms with Crippen LogP contribution in [0.25, 0.3) is 10.8 Å². The van der Waals surface area contributed by atoms with E-state index in [0.29, 0.717) is 12.5 Å². The van der Waals surface area contributed by atoms with Gasteiger partial charge in [-0.3, -0.25) is 9.69 Å². The van der Waals surface area contributed by atoms with Crippen LogP contribution in [0.5, 0.6) is 0 Å². The summed E-state index contributed by atoms with van der Waals surface area (Å²) >= 11 is 0. The minimum absolute atomic E-state index is 0.128. The van der Waals surface area contributed by atoms with Crippen LogP contribution in [-0.2, 0) is 11.3 Å². The quantitative estimate of drug-likeness (QED) is 0.876. The molecule has 0 aromatic heterocycles. The van der Waals surface area contributed by atoms with Gasteiger partial charge in [0.15, 0.2) is 0 Å². The lowest BCUT2D eigenvalue weighted by Gasteiger charge is -2.20. The normalized spacial score (nSPS) is 14.8. The lowest BCUT2D eigenvalue weighted by Crippen LogP contribution is -2.31. The molecule has 3 heteroatoms. The van der Waals surface area contributed by atoms with Crippen molar-refractivity contribution in [3.8, 4) is 0 Å². The van der Waals surface area contributed by atoms with Gasteiger partial charge in [-0.05, 0) is 41.2 Å². The second kappa shape index (κ2) is 5.63. The Bertz CT molecular complexity index is 619. The van der Waals surface area contributed by atoms with Crippen LogP contribution in [0.2, 0.25) is 0 Å². The molecule has 1 aliphatic rings. The van der Waals surface area contributed by atoms with E-state index < -0.39 is 5.97 Å². The first-order valence-corrected chi connectivity index (χ1v) is 7.12. The molecule has 20 heavy (non-hydrogen) atoms. The van der Waals surface area contributed by atoms with Gasteiger partial charge in [0.05, 0.1) is 6.54 Å². The van der Waals surface area contributed by atoms with Gasteiger partial charge in [-0.15, -0.1) is 0 Å². The fourth-order valence-electron chi connectivity index (χ4n) is 2.64. The van der Waals surface area contributed by atoms with Crippen molar-refractivity contribution in [2.24, 2.45) is 5.92 Å². The van der Waals surface area contributed by atoms with Gasteiger partial charge >= 0.3 is 5.97 Å². The summed E-state index contributed by atoms with van der Waals surface area (Å²) in [4.78, 5) is 13.0. The molecule has 3 nitrogen and oxygen atoms in total. The van der Waals surface area contributed by atoms with Crippen LogP contribution in [0.15, 0.2) is 42.5 Å². The van der Waals surface area contributed by atoms with Gasteiger partial charge in [0.2, 0.25) is 0 Å². The van der Waals surface area contributed by atoms with Crippen LogP contribution in [-0.4, -0.2) is 29.1 Å². The summed E-state index contributed by atoms with van der Waals surface area (Å²) in [7, 11) is 0. The number of carboxylic acid groups (broad SMARTS) is 1. The number of nitrogens with zero attached hydrogens (tertiary/aromatic N) is 1. The maximum absolute atomic E-state index is 11.0. The Kier molecular flexibility index (Phi) is 3.70. The number of benzene rings is 2. The average Bonchev–Trinajstić information content (AvgIpc) is 3.22. The van der Waals surface area contributed by atoms with Crippen molar-refractivity contribution in [2.75, 3.05) is 13.1 Å². The lowest BCUT2D eigenvalue weighted by molar-refractivity contribution is -0.138. The fraction of sp³-hybridized carbons (Fsp3) is 0.353. The van der Waals surface area contributed by atoms with Gasteiger partial charge in [0, 0.05) is 13.1 Å². The summed E-state index contributed by atoms with van der Waals surface area (Å²) in [5.74, 6) is -0.0405. The topological polar surface area (TPSA) is 40.5 Å². The van der Waals surface area contributed by atoms with E-state index in [9.17, 15) is 4.79 Å².